The van der Waals surface area contributed by atoms with Gasteiger partial charge < -0.3 is 10.7 Å². The third-order valence-corrected chi connectivity index (χ3v) is 1.45. The van der Waals surface area contributed by atoms with Gasteiger partial charge in [0, 0.05) is 25.9 Å². The maximum atomic E-state index is 5.05. The average molecular weight is 164 g/mol. The van der Waals surface area contributed by atoms with Crippen LogP contribution in [0.25, 0.3) is 0 Å². The van der Waals surface area contributed by atoms with E-state index in [-0.39, 0.29) is 0 Å². The number of pyridine rings is 1. The molecule has 4 heteroatoms. The van der Waals surface area contributed by atoms with E-state index in [0.29, 0.717) is 0 Å². The van der Waals surface area contributed by atoms with Crippen LogP contribution in [0.3, 0.4) is 0 Å². The number of hydrazone groups is 1. The summed E-state index contributed by atoms with van der Waals surface area (Å²) in [5.74, 6) is 5.92. The molecule has 1 aromatic heterocycles. The van der Waals surface area contributed by atoms with Gasteiger partial charge in [0.1, 0.15) is 5.82 Å². The molecule has 12 heavy (non-hydrogen) atoms. The van der Waals surface area contributed by atoms with Crippen LogP contribution in [0.1, 0.15) is 5.56 Å². The molecule has 0 spiro atoms. The summed E-state index contributed by atoms with van der Waals surface area (Å²) in [4.78, 5) is 6.09. The topological polar surface area (TPSA) is 54.5 Å². The predicted octanol–water partition coefficient (Wildman–Crippen LogP) is 0.440. The fraction of sp³-hybridized carbons (Fsp3) is 0.250. The Balaban J connectivity index is 3.08. The number of nitrogens with zero attached hydrogens (tertiary/aromatic N) is 3. The molecule has 0 aromatic carbocycles. The summed E-state index contributed by atoms with van der Waals surface area (Å²) in [6, 6.07) is 3.77. The minimum Gasteiger partial charge on any atom is -0.362 e. The van der Waals surface area contributed by atoms with E-state index in [2.05, 4.69) is 10.1 Å². The lowest BCUT2D eigenvalue weighted by molar-refractivity contribution is 1.06. The average Bonchev–Trinajstić information content (AvgIpc) is 2.05. The fourth-order valence-corrected chi connectivity index (χ4v) is 0.964. The minimum absolute atomic E-state index is 0.867. The molecule has 0 aliphatic heterocycles. The molecule has 0 fully saturated rings. The first-order valence-corrected chi connectivity index (χ1v) is 3.61. The van der Waals surface area contributed by atoms with Crippen molar-refractivity contribution in [2.75, 3.05) is 19.0 Å². The third-order valence-electron chi connectivity index (χ3n) is 1.45. The molecule has 1 aromatic rings. The maximum Gasteiger partial charge on any atom is 0.136 e. The summed E-state index contributed by atoms with van der Waals surface area (Å²) in [6.07, 6.45) is 3.32. The molecule has 0 atom stereocenters. The maximum absolute atomic E-state index is 5.05. The third kappa shape index (κ3) is 1.72. The van der Waals surface area contributed by atoms with Gasteiger partial charge in [-0.3, -0.25) is 0 Å². The van der Waals surface area contributed by atoms with Gasteiger partial charge in [-0.15, -0.1) is 0 Å². The highest BCUT2D eigenvalue weighted by atomic mass is 15.1. The number of aromatic nitrogens is 1. The fourth-order valence-electron chi connectivity index (χ4n) is 0.964. The zero-order valence-corrected chi connectivity index (χ0v) is 7.23. The summed E-state index contributed by atoms with van der Waals surface area (Å²) < 4.78 is 0. The molecule has 0 radical (unpaired) electrons. The summed E-state index contributed by atoms with van der Waals surface area (Å²) in [7, 11) is 3.85. The predicted molar refractivity (Wildman–Crippen MR) is 50.3 cm³/mol. The van der Waals surface area contributed by atoms with E-state index in [1.807, 2.05) is 31.1 Å². The zero-order valence-electron chi connectivity index (χ0n) is 7.23. The normalized spacial score (nSPS) is 10.5. The molecule has 0 aliphatic rings. The molecule has 0 bridgehead atoms. The van der Waals surface area contributed by atoms with Crippen LogP contribution in [0.4, 0.5) is 5.82 Å². The van der Waals surface area contributed by atoms with Gasteiger partial charge in [-0.25, -0.2) is 4.98 Å². The number of hydrogen-bond donors (Lipinski definition) is 1. The van der Waals surface area contributed by atoms with Crippen molar-refractivity contribution < 1.29 is 0 Å². The van der Waals surface area contributed by atoms with Crippen molar-refractivity contribution in [3.05, 3.63) is 23.9 Å². The highest BCUT2D eigenvalue weighted by Gasteiger charge is 2.01. The SMILES string of the molecule is CN(C)c1ncccc1/C=N/N. The summed E-state index contributed by atoms with van der Waals surface area (Å²) >= 11 is 0. The van der Waals surface area contributed by atoms with Gasteiger partial charge in [0.05, 0.1) is 6.21 Å². The van der Waals surface area contributed by atoms with Crippen molar-refractivity contribution in [2.45, 2.75) is 0 Å². The Bertz CT molecular complexity index is 280. The summed E-state index contributed by atoms with van der Waals surface area (Å²) in [5.41, 5.74) is 0.921. The molecule has 0 unspecified atom stereocenters. The Kier molecular flexibility index (Phi) is 2.63. The van der Waals surface area contributed by atoms with Gasteiger partial charge in [-0.2, -0.15) is 5.10 Å². The second-order valence-corrected chi connectivity index (χ2v) is 2.59. The molecule has 4 nitrogen and oxygen atoms in total. The summed E-state index contributed by atoms with van der Waals surface area (Å²) in [5, 5.41) is 3.46. The van der Waals surface area contributed by atoms with Crippen LogP contribution in [0.2, 0.25) is 0 Å². The van der Waals surface area contributed by atoms with Crippen LogP contribution in [0.5, 0.6) is 0 Å². The van der Waals surface area contributed by atoms with E-state index in [1.54, 1.807) is 12.4 Å². The molecule has 0 amide bonds. The van der Waals surface area contributed by atoms with Gasteiger partial charge in [0.25, 0.3) is 0 Å². The lowest BCUT2D eigenvalue weighted by Crippen LogP contribution is -2.13. The van der Waals surface area contributed by atoms with Crippen molar-refractivity contribution in [3.8, 4) is 0 Å². The highest BCUT2D eigenvalue weighted by Crippen LogP contribution is 2.10. The number of nitrogens with two attached hydrogens (primary N) is 1. The van der Waals surface area contributed by atoms with Crippen LogP contribution in [-0.2, 0) is 0 Å². The largest absolute Gasteiger partial charge is 0.362 e. The standard InChI is InChI=1S/C8H12N4/c1-12(2)8-7(6-11-9)4-3-5-10-8/h3-6H,9H2,1-2H3/b11-6+. The Morgan fingerprint density at radius 2 is 2.33 bits per heavy atom. The smallest absolute Gasteiger partial charge is 0.136 e. The highest BCUT2D eigenvalue weighted by molar-refractivity contribution is 5.86. The van der Waals surface area contributed by atoms with Crippen molar-refractivity contribution in [3.63, 3.8) is 0 Å². The zero-order chi connectivity index (χ0) is 8.97. The monoisotopic (exact) mass is 164 g/mol. The van der Waals surface area contributed by atoms with Crippen molar-refractivity contribution in [1.29, 1.82) is 0 Å². The molecule has 0 aliphatic carbocycles. The van der Waals surface area contributed by atoms with Crippen LogP contribution in [-0.4, -0.2) is 25.3 Å². The van der Waals surface area contributed by atoms with E-state index in [9.17, 15) is 0 Å². The molecular weight excluding hydrogens is 152 g/mol. The Morgan fingerprint density at radius 3 is 2.92 bits per heavy atom. The molecule has 0 saturated heterocycles. The molecule has 1 heterocycles. The van der Waals surface area contributed by atoms with E-state index in [1.165, 1.54) is 0 Å². The lowest BCUT2D eigenvalue weighted by atomic mass is 10.2. The Morgan fingerprint density at radius 1 is 1.58 bits per heavy atom. The van der Waals surface area contributed by atoms with Crippen molar-refractivity contribution in [1.82, 2.24) is 4.98 Å². The van der Waals surface area contributed by atoms with E-state index >= 15 is 0 Å². The number of anilines is 1. The Labute approximate surface area is 71.7 Å². The first kappa shape index (κ1) is 8.52. The molecule has 1 rings (SSSR count). The molecule has 2 N–H and O–H groups in total. The van der Waals surface area contributed by atoms with E-state index < -0.39 is 0 Å². The second kappa shape index (κ2) is 3.71. The van der Waals surface area contributed by atoms with Crippen LogP contribution in [0.15, 0.2) is 23.4 Å². The second-order valence-electron chi connectivity index (χ2n) is 2.59. The van der Waals surface area contributed by atoms with Crippen LogP contribution in [0, 0.1) is 0 Å². The molecule has 0 saturated carbocycles. The first-order chi connectivity index (χ1) is 5.75. The van der Waals surface area contributed by atoms with Crippen LogP contribution < -0.4 is 10.7 Å². The molecule has 64 valence electrons. The lowest BCUT2D eigenvalue weighted by Gasteiger charge is -2.12. The quantitative estimate of drug-likeness (QED) is 0.392. The van der Waals surface area contributed by atoms with Crippen molar-refractivity contribution >= 4 is 12.0 Å². The number of rotatable bonds is 2. The minimum atomic E-state index is 0.867. The van der Waals surface area contributed by atoms with Gasteiger partial charge in [0.2, 0.25) is 0 Å². The van der Waals surface area contributed by atoms with Gasteiger partial charge >= 0.3 is 0 Å². The summed E-state index contributed by atoms with van der Waals surface area (Å²) in [6.45, 7) is 0. The van der Waals surface area contributed by atoms with E-state index in [0.717, 1.165) is 11.4 Å². The van der Waals surface area contributed by atoms with Gasteiger partial charge in [-0.05, 0) is 12.1 Å². The molecular formula is C8H12N4. The van der Waals surface area contributed by atoms with Crippen LogP contribution >= 0.6 is 0 Å². The van der Waals surface area contributed by atoms with Crippen molar-refractivity contribution in [2.24, 2.45) is 10.9 Å². The number of hydrogen-bond acceptors (Lipinski definition) is 4. The van der Waals surface area contributed by atoms with Gasteiger partial charge in [-0.1, -0.05) is 0 Å². The van der Waals surface area contributed by atoms with E-state index in [4.69, 9.17) is 5.84 Å². The van der Waals surface area contributed by atoms with Gasteiger partial charge in [0.15, 0.2) is 0 Å². The first-order valence-electron chi connectivity index (χ1n) is 3.61. The Hall–Kier alpha value is -1.58.